The van der Waals surface area contributed by atoms with E-state index < -0.39 is 0 Å². The van der Waals surface area contributed by atoms with Crippen molar-refractivity contribution in [2.75, 3.05) is 0 Å². The fraction of sp³-hybridized carbons (Fsp3) is 0.120. The van der Waals surface area contributed by atoms with Crippen molar-refractivity contribution in [2.45, 2.75) is 20.8 Å². The normalized spacial score (nSPS) is 11.7. The minimum atomic E-state index is -0.294. The highest BCUT2D eigenvalue weighted by atomic mass is 19.1. The average Bonchev–Trinajstić information content (AvgIpc) is 3.06. The van der Waals surface area contributed by atoms with Gasteiger partial charge in [-0.15, -0.1) is 0 Å². The Morgan fingerprint density at radius 1 is 0.933 bits per heavy atom. The van der Waals surface area contributed by atoms with Crippen molar-refractivity contribution in [3.05, 3.63) is 101 Å². The monoisotopic (exact) mass is 399 g/mol. The summed E-state index contributed by atoms with van der Waals surface area (Å²) in [6.45, 7) is 5.65. The van der Waals surface area contributed by atoms with E-state index in [0.717, 1.165) is 39.1 Å². The molecule has 0 unspecified atom stereocenters. The second-order valence-electron chi connectivity index (χ2n) is 7.30. The Morgan fingerprint density at radius 2 is 1.63 bits per heavy atom. The zero-order chi connectivity index (χ0) is 21.3. The molecule has 3 aromatic carbocycles. The van der Waals surface area contributed by atoms with E-state index in [-0.39, 0.29) is 11.7 Å². The lowest BCUT2D eigenvalue weighted by Crippen LogP contribution is -2.20. The molecule has 1 aromatic heterocycles. The Balaban J connectivity index is 1.57. The number of nitrogens with one attached hydrogen (secondary N) is 1. The van der Waals surface area contributed by atoms with Crippen LogP contribution in [0, 0.1) is 19.7 Å². The van der Waals surface area contributed by atoms with E-state index >= 15 is 0 Å². The molecule has 0 fully saturated rings. The van der Waals surface area contributed by atoms with Crippen LogP contribution in [0.25, 0.3) is 16.5 Å². The van der Waals surface area contributed by atoms with Gasteiger partial charge in [0.05, 0.1) is 11.3 Å². The summed E-state index contributed by atoms with van der Waals surface area (Å²) >= 11 is 0. The third-order valence-corrected chi connectivity index (χ3v) is 5.25. The topological polar surface area (TPSA) is 46.4 Å². The predicted octanol–water partition coefficient (Wildman–Crippen LogP) is 5.54. The Morgan fingerprint density at radius 3 is 2.37 bits per heavy atom. The van der Waals surface area contributed by atoms with Crippen molar-refractivity contribution >= 4 is 22.4 Å². The van der Waals surface area contributed by atoms with E-state index in [4.69, 9.17) is 0 Å². The van der Waals surface area contributed by atoms with Crippen LogP contribution < -0.4 is 5.43 Å². The minimum Gasteiger partial charge on any atom is -0.318 e. The number of aryl methyl sites for hydroxylation is 1. The van der Waals surface area contributed by atoms with Crippen LogP contribution in [0.1, 0.15) is 34.2 Å². The van der Waals surface area contributed by atoms with E-state index in [2.05, 4.69) is 28.7 Å². The van der Waals surface area contributed by atoms with Gasteiger partial charge in [0.25, 0.3) is 5.91 Å². The molecular weight excluding hydrogens is 377 g/mol. The summed E-state index contributed by atoms with van der Waals surface area (Å²) < 4.78 is 15.2. The maximum atomic E-state index is 13.3. The summed E-state index contributed by atoms with van der Waals surface area (Å²) in [5, 5.41) is 6.58. The molecule has 0 aliphatic carbocycles. The highest BCUT2D eigenvalue weighted by Crippen LogP contribution is 2.21. The molecule has 0 aliphatic rings. The number of halogens is 1. The van der Waals surface area contributed by atoms with Gasteiger partial charge in [0.2, 0.25) is 0 Å². The van der Waals surface area contributed by atoms with Crippen LogP contribution in [0.3, 0.4) is 0 Å². The van der Waals surface area contributed by atoms with Gasteiger partial charge in [-0.3, -0.25) is 4.79 Å². The van der Waals surface area contributed by atoms with Crippen molar-refractivity contribution in [3.8, 4) is 5.69 Å². The van der Waals surface area contributed by atoms with Gasteiger partial charge in [-0.25, -0.2) is 9.82 Å². The summed E-state index contributed by atoms with van der Waals surface area (Å²) in [5.41, 5.74) is 7.34. The first-order chi connectivity index (χ1) is 14.4. The molecular formula is C25H22FN3O. The first-order valence-electron chi connectivity index (χ1n) is 9.73. The molecule has 4 rings (SSSR count). The van der Waals surface area contributed by atoms with Crippen molar-refractivity contribution in [1.29, 1.82) is 0 Å². The number of carbonyl (C=O) groups excluding carboxylic acids is 1. The second-order valence-corrected chi connectivity index (χ2v) is 7.30. The van der Waals surface area contributed by atoms with Crippen molar-refractivity contribution < 1.29 is 9.18 Å². The average molecular weight is 399 g/mol. The molecule has 30 heavy (non-hydrogen) atoms. The molecule has 5 heteroatoms. The van der Waals surface area contributed by atoms with Crippen molar-refractivity contribution in [3.63, 3.8) is 0 Å². The Hall–Kier alpha value is -3.73. The number of rotatable bonds is 4. The van der Waals surface area contributed by atoms with Crippen LogP contribution in [0.2, 0.25) is 0 Å². The smallest absolute Gasteiger partial charge is 0.273 e. The SMILES string of the molecule is C/C(=N\NC(=O)c1cc(C)n(-c2ccc(F)cc2)c1C)c1ccc2ccccc2c1. The van der Waals surface area contributed by atoms with Crippen LogP contribution >= 0.6 is 0 Å². The lowest BCUT2D eigenvalue weighted by atomic mass is 10.0. The van der Waals surface area contributed by atoms with Crippen LogP contribution in [-0.2, 0) is 0 Å². The molecule has 1 heterocycles. The van der Waals surface area contributed by atoms with Crippen molar-refractivity contribution in [1.82, 2.24) is 9.99 Å². The molecule has 0 aliphatic heterocycles. The lowest BCUT2D eigenvalue weighted by Gasteiger charge is -2.10. The summed E-state index contributed by atoms with van der Waals surface area (Å²) in [6.07, 6.45) is 0. The predicted molar refractivity (Wildman–Crippen MR) is 119 cm³/mol. The number of aromatic nitrogens is 1. The summed E-state index contributed by atoms with van der Waals surface area (Å²) in [4.78, 5) is 12.8. The van der Waals surface area contributed by atoms with Crippen LogP contribution in [0.15, 0.2) is 77.9 Å². The standard InChI is InChI=1S/C25H22FN3O/c1-16-14-24(18(3)29(16)23-12-10-22(26)11-13-23)25(30)28-27-17(2)20-9-8-19-6-4-5-7-21(19)15-20/h4-15H,1-3H3,(H,28,30)/b27-17+. The van der Waals surface area contributed by atoms with Gasteiger partial charge in [0.15, 0.2) is 0 Å². The molecule has 0 atom stereocenters. The Kier molecular flexibility index (Phi) is 5.19. The number of nitrogens with zero attached hydrogens (tertiary/aromatic N) is 2. The number of carbonyl (C=O) groups is 1. The number of benzene rings is 3. The highest BCUT2D eigenvalue weighted by Gasteiger charge is 2.16. The zero-order valence-electron chi connectivity index (χ0n) is 17.1. The zero-order valence-corrected chi connectivity index (χ0v) is 17.1. The molecule has 0 saturated heterocycles. The quantitative estimate of drug-likeness (QED) is 0.355. The molecule has 150 valence electrons. The molecule has 0 spiro atoms. The molecule has 4 nitrogen and oxygen atoms in total. The van der Waals surface area contributed by atoms with Crippen molar-refractivity contribution in [2.24, 2.45) is 5.10 Å². The van der Waals surface area contributed by atoms with Gasteiger partial charge in [-0.05, 0) is 73.5 Å². The summed E-state index contributed by atoms with van der Waals surface area (Å²) in [5.74, 6) is -0.575. The van der Waals surface area contributed by atoms with Gasteiger partial charge in [0, 0.05) is 17.1 Å². The molecule has 1 N–H and O–H groups in total. The lowest BCUT2D eigenvalue weighted by molar-refractivity contribution is 0.0954. The van der Waals surface area contributed by atoms with E-state index in [0.29, 0.717) is 5.56 Å². The Labute approximate surface area is 174 Å². The number of fused-ring (bicyclic) bond motifs is 1. The number of hydrogen-bond acceptors (Lipinski definition) is 2. The largest absolute Gasteiger partial charge is 0.318 e. The highest BCUT2D eigenvalue weighted by molar-refractivity contribution is 6.03. The third-order valence-electron chi connectivity index (χ3n) is 5.25. The molecule has 1 amide bonds. The van der Waals surface area contributed by atoms with Gasteiger partial charge in [-0.2, -0.15) is 5.10 Å². The van der Waals surface area contributed by atoms with Gasteiger partial charge in [0.1, 0.15) is 5.82 Å². The second kappa shape index (κ2) is 7.95. The minimum absolute atomic E-state index is 0.281. The van der Waals surface area contributed by atoms with E-state index in [1.165, 1.54) is 12.1 Å². The van der Waals surface area contributed by atoms with E-state index in [1.807, 2.05) is 55.7 Å². The number of amides is 1. The van der Waals surface area contributed by atoms with Crippen LogP contribution in [-0.4, -0.2) is 16.2 Å². The maximum absolute atomic E-state index is 13.3. The maximum Gasteiger partial charge on any atom is 0.273 e. The fourth-order valence-electron chi connectivity index (χ4n) is 3.65. The number of hydrazone groups is 1. The van der Waals surface area contributed by atoms with E-state index in [1.54, 1.807) is 12.1 Å². The first kappa shape index (κ1) is 19.6. The fourth-order valence-corrected chi connectivity index (χ4v) is 3.65. The molecule has 0 saturated carbocycles. The van der Waals surface area contributed by atoms with Crippen LogP contribution in [0.4, 0.5) is 4.39 Å². The number of hydrogen-bond donors (Lipinski definition) is 1. The molecule has 4 aromatic rings. The van der Waals surface area contributed by atoms with Gasteiger partial charge >= 0.3 is 0 Å². The molecule has 0 bridgehead atoms. The third kappa shape index (κ3) is 3.74. The summed E-state index contributed by atoms with van der Waals surface area (Å²) in [6, 6.07) is 22.2. The van der Waals surface area contributed by atoms with Gasteiger partial charge < -0.3 is 4.57 Å². The van der Waals surface area contributed by atoms with Gasteiger partial charge in [-0.1, -0.05) is 36.4 Å². The first-order valence-corrected chi connectivity index (χ1v) is 9.73. The summed E-state index contributed by atoms with van der Waals surface area (Å²) in [7, 11) is 0. The van der Waals surface area contributed by atoms with E-state index in [9.17, 15) is 9.18 Å². The Bertz CT molecular complexity index is 1270. The van der Waals surface area contributed by atoms with Crippen LogP contribution in [0.5, 0.6) is 0 Å². The molecule has 0 radical (unpaired) electrons.